The van der Waals surface area contributed by atoms with Crippen LogP contribution in [0.15, 0.2) is 52.8 Å². The number of para-hydroxylation sites is 1. The van der Waals surface area contributed by atoms with E-state index >= 15 is 0 Å². The minimum Gasteiger partial charge on any atom is -0.309 e. The summed E-state index contributed by atoms with van der Waals surface area (Å²) in [5, 5.41) is 12.9. The summed E-state index contributed by atoms with van der Waals surface area (Å²) < 4.78 is 4.15. The zero-order valence-corrected chi connectivity index (χ0v) is 17.3. The Labute approximate surface area is 170 Å². The SMILES string of the molecule is Cc1cc(/C=N\N=C2\C(=O)N(C)c3ccccc32)c(C)n1-c1ccnn1C(C)C. The number of benzene rings is 1. The van der Waals surface area contributed by atoms with E-state index in [9.17, 15) is 4.79 Å². The Kier molecular flexibility index (Phi) is 4.66. The van der Waals surface area contributed by atoms with E-state index in [1.807, 2.05) is 48.1 Å². The van der Waals surface area contributed by atoms with E-state index in [0.717, 1.165) is 34.0 Å². The number of amides is 1. The Morgan fingerprint density at radius 3 is 2.66 bits per heavy atom. The van der Waals surface area contributed by atoms with Gasteiger partial charge in [0.2, 0.25) is 0 Å². The maximum Gasteiger partial charge on any atom is 0.279 e. The molecular formula is C22H24N6O. The van der Waals surface area contributed by atoms with Crippen molar-refractivity contribution >= 4 is 23.5 Å². The highest BCUT2D eigenvalue weighted by atomic mass is 16.2. The molecule has 0 aliphatic carbocycles. The number of hydrogen-bond donors (Lipinski definition) is 0. The minimum atomic E-state index is -0.144. The Morgan fingerprint density at radius 2 is 1.90 bits per heavy atom. The molecule has 0 fully saturated rings. The highest BCUT2D eigenvalue weighted by Crippen LogP contribution is 2.27. The van der Waals surface area contributed by atoms with Gasteiger partial charge in [-0.05, 0) is 39.8 Å². The molecule has 1 aromatic carbocycles. The number of fused-ring (bicyclic) bond motifs is 1. The van der Waals surface area contributed by atoms with Crippen LogP contribution in [0, 0.1) is 13.8 Å². The van der Waals surface area contributed by atoms with Gasteiger partial charge in [0.05, 0.1) is 18.1 Å². The topological polar surface area (TPSA) is 67.8 Å². The van der Waals surface area contributed by atoms with Crippen molar-refractivity contribution in [1.29, 1.82) is 0 Å². The van der Waals surface area contributed by atoms with Crippen LogP contribution >= 0.6 is 0 Å². The summed E-state index contributed by atoms with van der Waals surface area (Å²) in [5.41, 5.74) is 5.11. The third kappa shape index (κ3) is 3.08. The minimum absolute atomic E-state index is 0.144. The van der Waals surface area contributed by atoms with Crippen LogP contribution in [0.2, 0.25) is 0 Å². The molecule has 29 heavy (non-hydrogen) atoms. The second-order valence-electron chi connectivity index (χ2n) is 7.46. The molecule has 1 amide bonds. The van der Waals surface area contributed by atoms with Crippen molar-refractivity contribution < 1.29 is 4.79 Å². The molecule has 0 bridgehead atoms. The molecule has 0 unspecified atom stereocenters. The maximum absolute atomic E-state index is 12.5. The van der Waals surface area contributed by atoms with Crippen molar-refractivity contribution in [3.63, 3.8) is 0 Å². The molecule has 148 valence electrons. The molecule has 0 spiro atoms. The molecule has 0 saturated heterocycles. The maximum atomic E-state index is 12.5. The van der Waals surface area contributed by atoms with Gasteiger partial charge < -0.3 is 9.47 Å². The van der Waals surface area contributed by atoms with Crippen molar-refractivity contribution in [3.05, 3.63) is 65.1 Å². The van der Waals surface area contributed by atoms with Gasteiger partial charge in [0.1, 0.15) is 5.82 Å². The highest BCUT2D eigenvalue weighted by Gasteiger charge is 2.31. The first kappa shape index (κ1) is 18.9. The fourth-order valence-corrected chi connectivity index (χ4v) is 3.75. The number of aryl methyl sites for hydroxylation is 1. The Balaban J connectivity index is 1.68. The first-order valence-electron chi connectivity index (χ1n) is 9.61. The summed E-state index contributed by atoms with van der Waals surface area (Å²) in [6.45, 7) is 8.32. The van der Waals surface area contributed by atoms with Gasteiger partial charge >= 0.3 is 0 Å². The first-order valence-corrected chi connectivity index (χ1v) is 9.61. The van der Waals surface area contributed by atoms with Crippen LogP contribution in [0.1, 0.15) is 42.4 Å². The number of aromatic nitrogens is 3. The van der Waals surface area contributed by atoms with Gasteiger partial charge in [-0.2, -0.15) is 10.2 Å². The molecule has 0 radical (unpaired) electrons. The molecule has 7 heteroatoms. The van der Waals surface area contributed by atoms with Crippen molar-refractivity contribution in [2.75, 3.05) is 11.9 Å². The first-order chi connectivity index (χ1) is 13.9. The molecule has 0 saturated carbocycles. The lowest BCUT2D eigenvalue weighted by Crippen LogP contribution is -2.25. The van der Waals surface area contributed by atoms with Gasteiger partial charge in [0.15, 0.2) is 5.71 Å². The number of rotatable bonds is 4. The summed E-state index contributed by atoms with van der Waals surface area (Å²) in [5.74, 6) is 0.872. The normalized spacial score (nSPS) is 15.3. The van der Waals surface area contributed by atoms with Gasteiger partial charge in [-0.15, -0.1) is 5.10 Å². The number of carbonyl (C=O) groups is 1. The Bertz CT molecular complexity index is 1150. The van der Waals surface area contributed by atoms with Crippen LogP contribution < -0.4 is 4.90 Å². The summed E-state index contributed by atoms with van der Waals surface area (Å²) in [6.07, 6.45) is 3.52. The molecule has 0 N–H and O–H groups in total. The van der Waals surface area contributed by atoms with Gasteiger partial charge in [-0.25, -0.2) is 4.68 Å². The van der Waals surface area contributed by atoms with Gasteiger partial charge in [0.25, 0.3) is 5.91 Å². The predicted molar refractivity (Wildman–Crippen MR) is 115 cm³/mol. The molecule has 7 nitrogen and oxygen atoms in total. The Morgan fingerprint density at radius 1 is 1.14 bits per heavy atom. The summed E-state index contributed by atoms with van der Waals surface area (Å²) in [6, 6.07) is 11.9. The third-order valence-electron chi connectivity index (χ3n) is 5.22. The Hall–Kier alpha value is -3.48. The lowest BCUT2D eigenvalue weighted by molar-refractivity contribution is -0.111. The van der Waals surface area contributed by atoms with Crippen molar-refractivity contribution in [1.82, 2.24) is 14.3 Å². The zero-order chi connectivity index (χ0) is 20.7. The number of anilines is 1. The lowest BCUT2D eigenvalue weighted by Gasteiger charge is -2.14. The van der Waals surface area contributed by atoms with Crippen molar-refractivity contribution in [2.45, 2.75) is 33.7 Å². The van der Waals surface area contributed by atoms with Gasteiger partial charge in [-0.3, -0.25) is 4.79 Å². The van der Waals surface area contributed by atoms with Crippen LogP contribution in [0.25, 0.3) is 5.82 Å². The number of carbonyl (C=O) groups excluding carboxylic acids is 1. The van der Waals surface area contributed by atoms with Gasteiger partial charge in [-0.1, -0.05) is 18.2 Å². The lowest BCUT2D eigenvalue weighted by atomic mass is 10.1. The molecule has 0 atom stereocenters. The highest BCUT2D eigenvalue weighted by molar-refractivity contribution is 6.54. The standard InChI is InChI=1S/C22H24N6O/c1-14(2)28-20(10-11-24-28)27-15(3)12-17(16(27)4)13-23-25-21-18-8-6-7-9-19(18)26(5)22(21)29/h6-14H,1-5H3/b23-13-,25-21+. The number of hydrogen-bond acceptors (Lipinski definition) is 4. The molecule has 1 aliphatic rings. The van der Waals surface area contributed by atoms with E-state index in [0.29, 0.717) is 5.71 Å². The van der Waals surface area contributed by atoms with Crippen LogP contribution in [-0.2, 0) is 4.79 Å². The average Bonchev–Trinajstić information content (AvgIpc) is 3.34. The van der Waals surface area contributed by atoms with E-state index in [4.69, 9.17) is 0 Å². The van der Waals surface area contributed by atoms with Crippen LogP contribution in [0.5, 0.6) is 0 Å². The zero-order valence-electron chi connectivity index (χ0n) is 17.3. The molecule has 2 aromatic heterocycles. The fraction of sp³-hybridized carbons (Fsp3) is 0.273. The van der Waals surface area contributed by atoms with E-state index < -0.39 is 0 Å². The third-order valence-corrected chi connectivity index (χ3v) is 5.22. The van der Waals surface area contributed by atoms with E-state index in [-0.39, 0.29) is 11.9 Å². The summed E-state index contributed by atoms with van der Waals surface area (Å²) >= 11 is 0. The van der Waals surface area contributed by atoms with Crippen LogP contribution in [0.3, 0.4) is 0 Å². The fourth-order valence-electron chi connectivity index (χ4n) is 3.75. The number of nitrogens with zero attached hydrogens (tertiary/aromatic N) is 6. The average molecular weight is 388 g/mol. The summed E-state index contributed by atoms with van der Waals surface area (Å²) in [7, 11) is 1.75. The predicted octanol–water partition coefficient (Wildman–Crippen LogP) is 3.67. The quantitative estimate of drug-likeness (QED) is 0.505. The van der Waals surface area contributed by atoms with E-state index in [2.05, 4.69) is 46.7 Å². The van der Waals surface area contributed by atoms with Crippen LogP contribution in [-0.4, -0.2) is 39.2 Å². The number of likely N-dealkylation sites (N-methyl/N-ethyl adjacent to an activating group) is 1. The second-order valence-corrected chi connectivity index (χ2v) is 7.46. The smallest absolute Gasteiger partial charge is 0.279 e. The van der Waals surface area contributed by atoms with Crippen molar-refractivity contribution in [3.8, 4) is 5.82 Å². The summed E-state index contributed by atoms with van der Waals surface area (Å²) in [4.78, 5) is 14.1. The monoisotopic (exact) mass is 388 g/mol. The molecular weight excluding hydrogens is 364 g/mol. The van der Waals surface area contributed by atoms with Gasteiger partial charge in [0, 0.05) is 41.7 Å². The molecule has 4 rings (SSSR count). The largest absolute Gasteiger partial charge is 0.309 e. The van der Waals surface area contributed by atoms with E-state index in [1.165, 1.54) is 0 Å². The molecule has 3 heterocycles. The molecule has 3 aromatic rings. The van der Waals surface area contributed by atoms with E-state index in [1.54, 1.807) is 18.2 Å². The molecule has 1 aliphatic heterocycles. The second kappa shape index (κ2) is 7.16. The van der Waals surface area contributed by atoms with Crippen molar-refractivity contribution in [2.24, 2.45) is 10.2 Å². The van der Waals surface area contributed by atoms with Crippen LogP contribution in [0.4, 0.5) is 5.69 Å².